The van der Waals surface area contributed by atoms with Crippen LogP contribution in [0.5, 0.6) is 0 Å². The molecule has 1 aromatic carbocycles. The van der Waals surface area contributed by atoms with Gasteiger partial charge in [-0.3, -0.25) is 0 Å². The van der Waals surface area contributed by atoms with Gasteiger partial charge in [-0.2, -0.15) is 13.2 Å². The Labute approximate surface area is 123 Å². The smallest absolute Gasteiger partial charge is 0.396 e. The molecule has 1 unspecified atom stereocenters. The van der Waals surface area contributed by atoms with Crippen LogP contribution < -0.4 is 5.32 Å². The Bertz CT molecular complexity index is 559. The highest BCUT2D eigenvalue weighted by Gasteiger charge is 2.35. The molecule has 4 nitrogen and oxygen atoms in total. The van der Waals surface area contributed by atoms with Crippen LogP contribution in [-0.2, 0) is 6.18 Å². The van der Waals surface area contributed by atoms with Gasteiger partial charge in [-0.05, 0) is 18.4 Å². The van der Waals surface area contributed by atoms with Gasteiger partial charge in [-0.25, -0.2) is 0 Å². The molecule has 1 aromatic heterocycles. The number of aromatic nitrogens is 2. The van der Waals surface area contributed by atoms with Crippen LogP contribution in [0.3, 0.4) is 0 Å². The van der Waals surface area contributed by atoms with Crippen molar-refractivity contribution in [1.82, 2.24) is 10.2 Å². The second-order valence-corrected chi connectivity index (χ2v) is 5.36. The van der Waals surface area contributed by atoms with Crippen molar-refractivity contribution in [3.05, 3.63) is 40.9 Å². The minimum absolute atomic E-state index is 0.0228. The Balaban J connectivity index is 2.13. The van der Waals surface area contributed by atoms with Gasteiger partial charge in [-0.1, -0.05) is 41.7 Å². The van der Waals surface area contributed by atoms with Gasteiger partial charge < -0.3 is 10.4 Å². The summed E-state index contributed by atoms with van der Waals surface area (Å²) in [5.41, 5.74) is 0.926. The molecule has 21 heavy (non-hydrogen) atoms. The summed E-state index contributed by atoms with van der Waals surface area (Å²) in [6.45, 7) is 0.0228. The number of nitrogens with one attached hydrogen (secondary N) is 1. The predicted octanol–water partition coefficient (Wildman–Crippen LogP) is 3.48. The summed E-state index contributed by atoms with van der Waals surface area (Å²) in [5, 5.41) is 17.7. The fraction of sp³-hybridized carbons (Fsp3) is 0.385. The zero-order chi connectivity index (χ0) is 15.3. The molecule has 0 saturated carbocycles. The van der Waals surface area contributed by atoms with E-state index in [0.29, 0.717) is 24.2 Å². The van der Waals surface area contributed by atoms with Gasteiger partial charge in [0.25, 0.3) is 0 Å². The molecule has 0 aliphatic carbocycles. The van der Waals surface area contributed by atoms with Crippen molar-refractivity contribution in [3.8, 4) is 0 Å². The maximum absolute atomic E-state index is 12.5. The zero-order valence-corrected chi connectivity index (χ0v) is 11.8. The van der Waals surface area contributed by atoms with Gasteiger partial charge in [-0.15, -0.1) is 10.2 Å². The number of alkyl halides is 3. The first-order valence-electron chi connectivity index (χ1n) is 6.33. The van der Waals surface area contributed by atoms with Crippen LogP contribution in [0.1, 0.15) is 29.5 Å². The van der Waals surface area contributed by atoms with Crippen molar-refractivity contribution >= 4 is 16.5 Å². The maximum Gasteiger partial charge on any atom is 0.445 e. The molecule has 0 spiro atoms. The molecular formula is C13H14F3N3OS. The van der Waals surface area contributed by atoms with E-state index in [9.17, 15) is 13.2 Å². The van der Waals surface area contributed by atoms with Crippen molar-refractivity contribution < 1.29 is 18.3 Å². The average molecular weight is 317 g/mol. The largest absolute Gasteiger partial charge is 0.445 e. The number of hydrogen-bond acceptors (Lipinski definition) is 5. The van der Waals surface area contributed by atoms with Crippen molar-refractivity contribution in [2.45, 2.75) is 25.1 Å². The van der Waals surface area contributed by atoms with E-state index in [4.69, 9.17) is 5.11 Å². The van der Waals surface area contributed by atoms with Gasteiger partial charge >= 0.3 is 6.18 Å². The Morgan fingerprint density at radius 1 is 1.19 bits per heavy atom. The molecule has 0 saturated heterocycles. The van der Waals surface area contributed by atoms with Crippen molar-refractivity contribution in [2.75, 3.05) is 11.9 Å². The molecule has 1 heterocycles. The third kappa shape index (κ3) is 4.40. The highest BCUT2D eigenvalue weighted by atomic mass is 32.1. The van der Waals surface area contributed by atoms with Crippen LogP contribution in [-0.4, -0.2) is 21.9 Å². The molecule has 0 aliphatic rings. The molecule has 2 aromatic rings. The fourth-order valence-corrected chi connectivity index (χ4v) is 2.51. The Hall–Kier alpha value is -1.67. The molecule has 0 aliphatic heterocycles. The number of rotatable bonds is 6. The van der Waals surface area contributed by atoms with E-state index >= 15 is 0 Å². The highest BCUT2D eigenvalue weighted by molar-refractivity contribution is 7.15. The number of nitrogens with zero attached hydrogens (tertiary/aromatic N) is 2. The Morgan fingerprint density at radius 3 is 2.48 bits per heavy atom. The van der Waals surface area contributed by atoms with Crippen molar-refractivity contribution in [1.29, 1.82) is 0 Å². The standard InChI is InChI=1S/C13H14F3N3OS/c14-13(15,16)11-18-19-12(21-11)17-10(7-4-8-20)9-5-2-1-3-6-9/h1-3,5-6,10,20H,4,7-8H2,(H,17,19). The first kappa shape index (κ1) is 15.7. The van der Waals surface area contributed by atoms with Crippen LogP contribution in [0, 0.1) is 0 Å². The van der Waals surface area contributed by atoms with Crippen LogP contribution in [0.2, 0.25) is 0 Å². The van der Waals surface area contributed by atoms with Gasteiger partial charge in [0.2, 0.25) is 10.1 Å². The normalized spacial score (nSPS) is 13.1. The number of benzene rings is 1. The van der Waals surface area contributed by atoms with E-state index in [-0.39, 0.29) is 17.8 Å². The quantitative estimate of drug-likeness (QED) is 0.856. The lowest BCUT2D eigenvalue weighted by Gasteiger charge is -2.17. The summed E-state index contributed by atoms with van der Waals surface area (Å²) in [6, 6.07) is 9.10. The third-order valence-electron chi connectivity index (χ3n) is 2.82. The SMILES string of the molecule is OCCCC(Nc1nnc(C(F)(F)F)s1)c1ccccc1. The molecule has 1 atom stereocenters. The van der Waals surface area contributed by atoms with E-state index in [1.807, 2.05) is 30.3 Å². The first-order valence-corrected chi connectivity index (χ1v) is 7.15. The summed E-state index contributed by atoms with van der Waals surface area (Å²) >= 11 is 0.475. The van der Waals surface area contributed by atoms with E-state index < -0.39 is 11.2 Å². The molecule has 0 fully saturated rings. The summed E-state index contributed by atoms with van der Waals surface area (Å²) < 4.78 is 37.5. The summed E-state index contributed by atoms with van der Waals surface area (Å²) in [6.07, 6.45) is -3.36. The topological polar surface area (TPSA) is 58.0 Å². The Morgan fingerprint density at radius 2 is 1.90 bits per heavy atom. The minimum Gasteiger partial charge on any atom is -0.396 e. The number of hydrogen-bond donors (Lipinski definition) is 2. The average Bonchev–Trinajstić information content (AvgIpc) is 2.93. The van der Waals surface area contributed by atoms with Crippen LogP contribution in [0.4, 0.5) is 18.3 Å². The molecular weight excluding hydrogens is 303 g/mol. The highest BCUT2D eigenvalue weighted by Crippen LogP contribution is 2.34. The third-order valence-corrected chi connectivity index (χ3v) is 3.72. The summed E-state index contributed by atoms with van der Waals surface area (Å²) in [5.74, 6) is 0. The minimum atomic E-state index is -4.48. The molecule has 0 amide bonds. The van der Waals surface area contributed by atoms with Crippen LogP contribution in [0.15, 0.2) is 30.3 Å². The van der Waals surface area contributed by atoms with Crippen molar-refractivity contribution in [2.24, 2.45) is 0 Å². The second kappa shape index (κ2) is 6.86. The molecule has 2 N–H and O–H groups in total. The number of aliphatic hydroxyl groups excluding tert-OH is 1. The molecule has 2 rings (SSSR count). The number of halogens is 3. The molecule has 0 bridgehead atoms. The number of aliphatic hydroxyl groups is 1. The van der Waals surface area contributed by atoms with Gasteiger partial charge in [0.05, 0.1) is 6.04 Å². The van der Waals surface area contributed by atoms with E-state index in [2.05, 4.69) is 15.5 Å². The monoisotopic (exact) mass is 317 g/mol. The van der Waals surface area contributed by atoms with E-state index in [0.717, 1.165) is 5.56 Å². The maximum atomic E-state index is 12.5. The molecule has 0 radical (unpaired) electrons. The second-order valence-electron chi connectivity index (χ2n) is 4.38. The Kier molecular flexibility index (Phi) is 5.13. The molecule has 114 valence electrons. The fourth-order valence-electron chi connectivity index (χ4n) is 1.85. The molecule has 8 heteroatoms. The van der Waals surface area contributed by atoms with Crippen LogP contribution >= 0.6 is 11.3 Å². The van der Waals surface area contributed by atoms with E-state index in [1.165, 1.54) is 0 Å². The lowest BCUT2D eigenvalue weighted by Crippen LogP contribution is -2.11. The van der Waals surface area contributed by atoms with Gasteiger partial charge in [0, 0.05) is 6.61 Å². The zero-order valence-electron chi connectivity index (χ0n) is 11.0. The van der Waals surface area contributed by atoms with Crippen LogP contribution in [0.25, 0.3) is 0 Å². The first-order chi connectivity index (χ1) is 10.0. The lowest BCUT2D eigenvalue weighted by atomic mass is 10.0. The van der Waals surface area contributed by atoms with Gasteiger partial charge in [0.15, 0.2) is 0 Å². The van der Waals surface area contributed by atoms with Gasteiger partial charge in [0.1, 0.15) is 0 Å². The lowest BCUT2D eigenvalue weighted by molar-refractivity contribution is -0.138. The predicted molar refractivity (Wildman–Crippen MR) is 74.0 cm³/mol. The van der Waals surface area contributed by atoms with Crippen molar-refractivity contribution in [3.63, 3.8) is 0 Å². The number of anilines is 1. The summed E-state index contributed by atoms with van der Waals surface area (Å²) in [4.78, 5) is 0. The van der Waals surface area contributed by atoms with E-state index in [1.54, 1.807) is 0 Å². The summed E-state index contributed by atoms with van der Waals surface area (Å²) in [7, 11) is 0.